The van der Waals surface area contributed by atoms with Crippen LogP contribution in [-0.4, -0.2) is 70.8 Å². The van der Waals surface area contributed by atoms with E-state index in [4.69, 9.17) is 14.5 Å². The fourth-order valence-electron chi connectivity index (χ4n) is 5.89. The minimum atomic E-state index is -0.492. The largest absolute Gasteiger partial charge is 0.493 e. The van der Waals surface area contributed by atoms with Crippen molar-refractivity contribution in [2.45, 2.75) is 76.7 Å². The Morgan fingerprint density at radius 1 is 1.11 bits per heavy atom. The average molecular weight is 526 g/mol. The zero-order chi connectivity index (χ0) is 25.7. The van der Waals surface area contributed by atoms with E-state index in [9.17, 15) is 9.59 Å². The van der Waals surface area contributed by atoms with Crippen LogP contribution in [0.1, 0.15) is 62.2 Å². The Hall–Kier alpha value is -3.01. The van der Waals surface area contributed by atoms with Crippen LogP contribution in [0.25, 0.3) is 0 Å². The third kappa shape index (κ3) is 4.83. The highest BCUT2D eigenvalue weighted by Crippen LogP contribution is 2.40. The van der Waals surface area contributed by atoms with Gasteiger partial charge in [-0.05, 0) is 39.7 Å². The van der Waals surface area contributed by atoms with E-state index in [-0.39, 0.29) is 30.2 Å². The maximum atomic E-state index is 13.2. The molecule has 0 radical (unpaired) electrons. The van der Waals surface area contributed by atoms with Gasteiger partial charge in [0.25, 0.3) is 0 Å². The van der Waals surface area contributed by atoms with Gasteiger partial charge in [-0.15, -0.1) is 0 Å². The molecule has 9 nitrogen and oxygen atoms in total. The van der Waals surface area contributed by atoms with Crippen molar-refractivity contribution in [3.05, 3.63) is 40.4 Å². The monoisotopic (exact) mass is 525 g/mol. The molecule has 3 atom stereocenters. The second-order valence-electron chi connectivity index (χ2n) is 11.4. The molecule has 2 saturated heterocycles. The van der Waals surface area contributed by atoms with Gasteiger partial charge < -0.3 is 29.5 Å². The van der Waals surface area contributed by atoms with Gasteiger partial charge in [-0.2, -0.15) is 0 Å². The second kappa shape index (κ2) is 9.38. The highest BCUT2D eigenvalue weighted by molar-refractivity contribution is 7.15. The zero-order valence-corrected chi connectivity index (χ0v) is 22.6. The van der Waals surface area contributed by atoms with Gasteiger partial charge in [0.05, 0.1) is 24.9 Å². The number of nitrogens with one attached hydrogen (secondary N) is 1. The first-order chi connectivity index (χ1) is 17.7. The van der Waals surface area contributed by atoms with E-state index in [1.54, 1.807) is 11.3 Å². The van der Waals surface area contributed by atoms with Crippen molar-refractivity contribution in [1.29, 1.82) is 0 Å². The third-order valence-corrected chi connectivity index (χ3v) is 8.71. The first-order valence-electron chi connectivity index (χ1n) is 13.3. The lowest BCUT2D eigenvalue weighted by molar-refractivity contribution is 0.0209. The van der Waals surface area contributed by atoms with Crippen molar-refractivity contribution in [3.63, 3.8) is 0 Å². The summed E-state index contributed by atoms with van der Waals surface area (Å²) >= 11 is 1.70. The molecule has 1 aromatic carbocycles. The molecule has 4 aliphatic rings. The van der Waals surface area contributed by atoms with Crippen LogP contribution in [0.2, 0.25) is 0 Å². The predicted octanol–water partition coefficient (Wildman–Crippen LogP) is 4.32. The lowest BCUT2D eigenvalue weighted by atomic mass is 10.0. The minimum absolute atomic E-state index is 0.0339. The van der Waals surface area contributed by atoms with Gasteiger partial charge in [-0.25, -0.2) is 14.6 Å². The van der Waals surface area contributed by atoms with Crippen LogP contribution >= 0.6 is 11.3 Å². The van der Waals surface area contributed by atoms with Crippen LogP contribution in [0.15, 0.2) is 24.3 Å². The van der Waals surface area contributed by atoms with E-state index < -0.39 is 5.60 Å². The highest BCUT2D eigenvalue weighted by Gasteiger charge is 2.44. The molecule has 4 aliphatic heterocycles. The van der Waals surface area contributed by atoms with Crippen LogP contribution in [-0.2, 0) is 17.7 Å². The molecular formula is C27H35N5O4S. The second-order valence-corrected chi connectivity index (χ2v) is 12.5. The molecule has 198 valence electrons. The fourth-order valence-corrected chi connectivity index (χ4v) is 7.15. The van der Waals surface area contributed by atoms with E-state index in [0.29, 0.717) is 32.8 Å². The van der Waals surface area contributed by atoms with Crippen molar-refractivity contribution in [2.75, 3.05) is 31.1 Å². The van der Waals surface area contributed by atoms with Crippen LogP contribution in [0.5, 0.6) is 5.75 Å². The lowest BCUT2D eigenvalue weighted by Gasteiger charge is -2.41. The van der Waals surface area contributed by atoms with Crippen LogP contribution in [0.3, 0.4) is 0 Å². The Kier molecular flexibility index (Phi) is 6.17. The molecule has 3 amide bonds. The summed E-state index contributed by atoms with van der Waals surface area (Å²) in [5, 5.41) is 4.26. The Bertz CT molecular complexity index is 1180. The predicted molar refractivity (Wildman–Crippen MR) is 141 cm³/mol. The molecule has 2 aromatic rings. The SMILES string of the molecule is CC(C)(C)OC(=O)N1CC2CCC(C1)N2c1nc2c(s1)CN(C(=O)N[C@H]1CCOc3ccccc31)CC2. The number of benzene rings is 1. The van der Waals surface area contributed by atoms with Crippen molar-refractivity contribution in [2.24, 2.45) is 0 Å². The number of hydrogen-bond acceptors (Lipinski definition) is 7. The minimum Gasteiger partial charge on any atom is -0.493 e. The Morgan fingerprint density at radius 2 is 1.86 bits per heavy atom. The summed E-state index contributed by atoms with van der Waals surface area (Å²) in [7, 11) is 0. The maximum absolute atomic E-state index is 13.2. The van der Waals surface area contributed by atoms with Crippen molar-refractivity contribution in [1.82, 2.24) is 20.1 Å². The number of carbonyl (C=O) groups is 2. The molecule has 10 heteroatoms. The molecule has 2 fully saturated rings. The van der Waals surface area contributed by atoms with Gasteiger partial charge in [0.2, 0.25) is 0 Å². The first-order valence-corrected chi connectivity index (χ1v) is 14.1. The Morgan fingerprint density at radius 3 is 2.62 bits per heavy atom. The fraction of sp³-hybridized carbons (Fsp3) is 0.593. The zero-order valence-electron chi connectivity index (χ0n) is 21.7. The van der Waals surface area contributed by atoms with E-state index in [1.807, 2.05) is 54.8 Å². The van der Waals surface area contributed by atoms with Crippen LogP contribution in [0, 0.1) is 0 Å². The Balaban J connectivity index is 1.11. The van der Waals surface area contributed by atoms with Crippen LogP contribution < -0.4 is 15.0 Å². The number of amides is 3. The molecule has 37 heavy (non-hydrogen) atoms. The van der Waals surface area contributed by atoms with Gasteiger partial charge in [0.15, 0.2) is 5.13 Å². The van der Waals surface area contributed by atoms with Gasteiger partial charge in [-0.1, -0.05) is 29.5 Å². The number of ether oxygens (including phenoxy) is 2. The summed E-state index contributed by atoms with van der Waals surface area (Å²) < 4.78 is 11.4. The number of nitrogens with zero attached hydrogens (tertiary/aromatic N) is 4. The van der Waals surface area contributed by atoms with Gasteiger partial charge in [-0.3, -0.25) is 0 Å². The van der Waals surface area contributed by atoms with Gasteiger partial charge in [0.1, 0.15) is 11.4 Å². The molecule has 1 N–H and O–H groups in total. The van der Waals surface area contributed by atoms with Gasteiger partial charge >= 0.3 is 12.1 Å². The number of hydrogen-bond donors (Lipinski definition) is 1. The lowest BCUT2D eigenvalue weighted by Crippen LogP contribution is -2.56. The number of rotatable bonds is 2. The van der Waals surface area contributed by atoms with E-state index in [0.717, 1.165) is 52.7 Å². The molecule has 2 unspecified atom stereocenters. The summed E-state index contributed by atoms with van der Waals surface area (Å²) in [6.45, 7) is 8.88. The van der Waals surface area contributed by atoms with Gasteiger partial charge in [0, 0.05) is 55.0 Å². The van der Waals surface area contributed by atoms with Crippen LogP contribution in [0.4, 0.5) is 14.7 Å². The number of aromatic nitrogens is 1. The number of para-hydroxylation sites is 1. The molecular weight excluding hydrogens is 490 g/mol. The standard InChI is InChI=1S/C27H35N5O4S/c1-27(2,3)36-26(34)31-14-17-8-9-18(15-31)32(17)25-29-21-10-12-30(16-23(21)37-25)24(33)28-20-11-13-35-22-7-5-4-6-19(20)22/h4-7,17-18,20H,8-16H2,1-3H3,(H,28,33)/t17?,18?,20-/m0/s1. The normalized spacial score (nSPS) is 24.7. The molecule has 6 rings (SSSR count). The Labute approximate surface area is 221 Å². The first kappa shape index (κ1) is 24.3. The summed E-state index contributed by atoms with van der Waals surface area (Å²) in [4.78, 5) is 38.2. The highest BCUT2D eigenvalue weighted by atomic mass is 32.1. The topological polar surface area (TPSA) is 87.2 Å². The number of thiazole rings is 1. The summed E-state index contributed by atoms with van der Waals surface area (Å²) in [6, 6.07) is 8.37. The van der Waals surface area contributed by atoms with E-state index in [1.165, 1.54) is 0 Å². The number of fused-ring (bicyclic) bond motifs is 4. The molecule has 2 bridgehead atoms. The molecule has 0 spiro atoms. The molecule has 0 aliphatic carbocycles. The molecule has 5 heterocycles. The number of urea groups is 1. The summed E-state index contributed by atoms with van der Waals surface area (Å²) in [6.07, 6.45) is 3.41. The van der Waals surface area contributed by atoms with E-state index in [2.05, 4.69) is 10.2 Å². The maximum Gasteiger partial charge on any atom is 0.410 e. The third-order valence-electron chi connectivity index (χ3n) is 7.62. The quantitative estimate of drug-likeness (QED) is 0.628. The van der Waals surface area contributed by atoms with E-state index >= 15 is 0 Å². The average Bonchev–Trinajstić information content (AvgIpc) is 3.39. The number of carbonyl (C=O) groups excluding carboxylic acids is 2. The smallest absolute Gasteiger partial charge is 0.410 e. The van der Waals surface area contributed by atoms with Crippen molar-refractivity contribution in [3.8, 4) is 5.75 Å². The van der Waals surface area contributed by atoms with Crippen molar-refractivity contribution >= 4 is 28.6 Å². The number of piperazine rings is 1. The number of anilines is 1. The number of likely N-dealkylation sites (tertiary alicyclic amines) is 1. The molecule has 0 saturated carbocycles. The molecule has 1 aromatic heterocycles. The summed E-state index contributed by atoms with van der Waals surface area (Å²) in [5.74, 6) is 0.855. The van der Waals surface area contributed by atoms with Crippen molar-refractivity contribution < 1.29 is 19.1 Å². The summed E-state index contributed by atoms with van der Waals surface area (Å²) in [5.41, 5.74) is 1.66.